The van der Waals surface area contributed by atoms with Crippen LogP contribution in [0.3, 0.4) is 0 Å². The Morgan fingerprint density at radius 2 is 1.90 bits per heavy atom. The van der Waals surface area contributed by atoms with E-state index in [4.69, 9.17) is 10.5 Å². The molecular formula is C16H19FN2O. The molecule has 4 heteroatoms. The summed E-state index contributed by atoms with van der Waals surface area (Å²) in [5, 5.41) is 3.23. The minimum absolute atomic E-state index is 0.0807. The summed E-state index contributed by atoms with van der Waals surface area (Å²) in [6, 6.07) is 10.1. The fraction of sp³-hybridized carbons (Fsp3) is 0.250. The predicted molar refractivity (Wildman–Crippen MR) is 81.0 cm³/mol. The van der Waals surface area contributed by atoms with Crippen molar-refractivity contribution in [2.45, 2.75) is 26.9 Å². The lowest BCUT2D eigenvalue weighted by Gasteiger charge is -2.14. The van der Waals surface area contributed by atoms with E-state index in [-0.39, 0.29) is 11.9 Å². The molecule has 0 aliphatic carbocycles. The lowest BCUT2D eigenvalue weighted by Crippen LogP contribution is -2.06. The van der Waals surface area contributed by atoms with E-state index in [1.165, 1.54) is 12.1 Å². The Hall–Kier alpha value is -2.23. The molecule has 0 fully saturated rings. The van der Waals surface area contributed by atoms with Gasteiger partial charge < -0.3 is 15.8 Å². The second-order valence-electron chi connectivity index (χ2n) is 5.04. The zero-order valence-electron chi connectivity index (χ0n) is 11.9. The number of benzene rings is 2. The van der Waals surface area contributed by atoms with Gasteiger partial charge in [-0.1, -0.05) is 0 Å². The topological polar surface area (TPSA) is 47.3 Å². The Bertz CT molecular complexity index is 611. The molecule has 0 radical (unpaired) electrons. The minimum Gasteiger partial charge on any atom is -0.491 e. The van der Waals surface area contributed by atoms with Gasteiger partial charge in [0, 0.05) is 29.2 Å². The van der Waals surface area contributed by atoms with Gasteiger partial charge in [0.05, 0.1) is 6.10 Å². The van der Waals surface area contributed by atoms with Crippen LogP contribution in [-0.2, 0) is 0 Å². The van der Waals surface area contributed by atoms with Gasteiger partial charge in [-0.3, -0.25) is 0 Å². The van der Waals surface area contributed by atoms with Crippen molar-refractivity contribution in [2.24, 2.45) is 0 Å². The average Bonchev–Trinajstić information content (AvgIpc) is 2.31. The third-order valence-corrected chi connectivity index (χ3v) is 2.77. The van der Waals surface area contributed by atoms with Gasteiger partial charge in [0.2, 0.25) is 0 Å². The molecule has 0 spiro atoms. The molecule has 0 aliphatic rings. The molecule has 3 nitrogen and oxygen atoms in total. The summed E-state index contributed by atoms with van der Waals surface area (Å²) in [6.45, 7) is 5.77. The Kier molecular flexibility index (Phi) is 4.13. The summed E-state index contributed by atoms with van der Waals surface area (Å²) in [6.07, 6.45) is 0.0807. The molecule has 0 aromatic heterocycles. The van der Waals surface area contributed by atoms with Gasteiger partial charge in [-0.15, -0.1) is 0 Å². The zero-order chi connectivity index (χ0) is 14.7. The van der Waals surface area contributed by atoms with Crippen LogP contribution in [0, 0.1) is 12.7 Å². The number of nitrogen functional groups attached to an aromatic ring is 1. The van der Waals surface area contributed by atoms with E-state index < -0.39 is 0 Å². The van der Waals surface area contributed by atoms with Crippen molar-refractivity contribution in [1.82, 2.24) is 0 Å². The van der Waals surface area contributed by atoms with Crippen molar-refractivity contribution in [3.05, 3.63) is 47.8 Å². The molecule has 0 saturated heterocycles. The summed E-state index contributed by atoms with van der Waals surface area (Å²) < 4.78 is 18.7. The molecule has 2 aromatic rings. The van der Waals surface area contributed by atoms with Crippen LogP contribution >= 0.6 is 0 Å². The first-order valence-electron chi connectivity index (χ1n) is 6.54. The van der Waals surface area contributed by atoms with Gasteiger partial charge in [-0.25, -0.2) is 4.39 Å². The number of nitrogens with two attached hydrogens (primary N) is 1. The molecule has 0 amide bonds. The average molecular weight is 274 g/mol. The highest BCUT2D eigenvalue weighted by Crippen LogP contribution is 2.27. The van der Waals surface area contributed by atoms with Gasteiger partial charge in [0.15, 0.2) is 0 Å². The highest BCUT2D eigenvalue weighted by Gasteiger charge is 2.05. The maximum Gasteiger partial charge on any atom is 0.123 e. The summed E-state index contributed by atoms with van der Waals surface area (Å²) in [5.74, 6) is 0.465. The number of ether oxygens (including phenoxy) is 1. The third kappa shape index (κ3) is 3.63. The largest absolute Gasteiger partial charge is 0.491 e. The van der Waals surface area contributed by atoms with Gasteiger partial charge >= 0.3 is 0 Å². The Morgan fingerprint density at radius 3 is 2.55 bits per heavy atom. The van der Waals surface area contributed by atoms with E-state index in [0.29, 0.717) is 11.4 Å². The predicted octanol–water partition coefficient (Wildman–Crippen LogP) is 4.25. The first-order valence-corrected chi connectivity index (χ1v) is 6.54. The highest BCUT2D eigenvalue weighted by atomic mass is 19.1. The molecule has 0 saturated carbocycles. The minimum atomic E-state index is -0.246. The molecular weight excluding hydrogens is 255 g/mol. The molecule has 106 valence electrons. The second-order valence-corrected chi connectivity index (χ2v) is 5.04. The van der Waals surface area contributed by atoms with Crippen molar-refractivity contribution >= 4 is 17.1 Å². The SMILES string of the molecule is Cc1cc(F)ccc1Nc1cc(N)cc(OC(C)C)c1. The molecule has 0 aliphatic heterocycles. The number of nitrogens with one attached hydrogen (secondary N) is 1. The van der Waals surface area contributed by atoms with Crippen LogP contribution in [0.15, 0.2) is 36.4 Å². The normalized spacial score (nSPS) is 10.7. The maximum atomic E-state index is 13.1. The third-order valence-electron chi connectivity index (χ3n) is 2.77. The number of hydrogen-bond donors (Lipinski definition) is 2. The number of aryl methyl sites for hydroxylation is 1. The molecule has 0 unspecified atom stereocenters. The smallest absolute Gasteiger partial charge is 0.123 e. The molecule has 2 rings (SSSR count). The molecule has 0 heterocycles. The van der Waals surface area contributed by atoms with E-state index in [1.807, 2.05) is 32.9 Å². The first kappa shape index (κ1) is 14.2. The number of rotatable bonds is 4. The van der Waals surface area contributed by atoms with Gasteiger partial charge in [0.1, 0.15) is 11.6 Å². The van der Waals surface area contributed by atoms with Gasteiger partial charge in [-0.05, 0) is 50.6 Å². The van der Waals surface area contributed by atoms with Crippen LogP contribution in [0.4, 0.5) is 21.5 Å². The van der Waals surface area contributed by atoms with Crippen LogP contribution in [0.25, 0.3) is 0 Å². The van der Waals surface area contributed by atoms with Crippen LogP contribution in [0.1, 0.15) is 19.4 Å². The zero-order valence-corrected chi connectivity index (χ0v) is 11.9. The Morgan fingerprint density at radius 1 is 1.15 bits per heavy atom. The van der Waals surface area contributed by atoms with Crippen molar-refractivity contribution in [3.63, 3.8) is 0 Å². The number of halogens is 1. The van der Waals surface area contributed by atoms with E-state index in [0.717, 1.165) is 16.9 Å². The maximum absolute atomic E-state index is 13.1. The van der Waals surface area contributed by atoms with E-state index in [1.54, 1.807) is 12.1 Å². The highest BCUT2D eigenvalue weighted by molar-refractivity contribution is 5.68. The summed E-state index contributed by atoms with van der Waals surface area (Å²) in [4.78, 5) is 0. The fourth-order valence-electron chi connectivity index (χ4n) is 1.96. The molecule has 2 aromatic carbocycles. The molecule has 0 bridgehead atoms. The van der Waals surface area contributed by atoms with Crippen LogP contribution in [-0.4, -0.2) is 6.10 Å². The monoisotopic (exact) mass is 274 g/mol. The van der Waals surface area contributed by atoms with Crippen molar-refractivity contribution in [1.29, 1.82) is 0 Å². The van der Waals surface area contributed by atoms with Gasteiger partial charge in [-0.2, -0.15) is 0 Å². The molecule has 0 atom stereocenters. The van der Waals surface area contributed by atoms with Crippen molar-refractivity contribution < 1.29 is 9.13 Å². The summed E-state index contributed by atoms with van der Waals surface area (Å²) in [5.41, 5.74) is 8.97. The standard InChI is InChI=1S/C16H19FN2O/c1-10(2)20-15-8-13(18)7-14(9-15)19-16-5-4-12(17)6-11(16)3/h4-10,19H,18H2,1-3H3. The quantitative estimate of drug-likeness (QED) is 0.819. The Labute approximate surface area is 118 Å². The van der Waals surface area contributed by atoms with Crippen molar-refractivity contribution in [2.75, 3.05) is 11.1 Å². The van der Waals surface area contributed by atoms with Crippen LogP contribution in [0.2, 0.25) is 0 Å². The number of anilines is 3. The summed E-state index contributed by atoms with van der Waals surface area (Å²) >= 11 is 0. The van der Waals surface area contributed by atoms with Crippen LogP contribution in [0.5, 0.6) is 5.75 Å². The van der Waals surface area contributed by atoms with E-state index >= 15 is 0 Å². The van der Waals surface area contributed by atoms with E-state index in [2.05, 4.69) is 5.32 Å². The lowest BCUT2D eigenvalue weighted by atomic mass is 10.2. The molecule has 20 heavy (non-hydrogen) atoms. The van der Waals surface area contributed by atoms with Crippen molar-refractivity contribution in [3.8, 4) is 5.75 Å². The molecule has 3 N–H and O–H groups in total. The second kappa shape index (κ2) is 5.82. The van der Waals surface area contributed by atoms with Gasteiger partial charge in [0.25, 0.3) is 0 Å². The van der Waals surface area contributed by atoms with E-state index in [9.17, 15) is 4.39 Å². The first-order chi connectivity index (χ1) is 9.44. The van der Waals surface area contributed by atoms with Crippen LogP contribution < -0.4 is 15.8 Å². The summed E-state index contributed by atoms with van der Waals surface area (Å²) in [7, 11) is 0. The Balaban J connectivity index is 2.26. The fourth-order valence-corrected chi connectivity index (χ4v) is 1.96. The number of hydrogen-bond acceptors (Lipinski definition) is 3. The lowest BCUT2D eigenvalue weighted by molar-refractivity contribution is 0.242.